The lowest BCUT2D eigenvalue weighted by Gasteiger charge is -2.29. The Morgan fingerprint density at radius 2 is 0.756 bits per heavy atom. The van der Waals surface area contributed by atoms with Crippen LogP contribution in [0.4, 0.5) is 0 Å². The van der Waals surface area contributed by atoms with E-state index in [2.05, 4.69) is 55.6 Å². The summed E-state index contributed by atoms with van der Waals surface area (Å²) >= 11 is 0. The fourth-order valence-electron chi connectivity index (χ4n) is 10.2. The molecule has 0 fully saturated rings. The molecule has 3 unspecified atom stereocenters. The molecule has 0 spiro atoms. The number of phosphoric ester groups is 1. The molecule has 78 heavy (non-hydrogen) atoms. The van der Waals surface area contributed by atoms with Gasteiger partial charge in [-0.2, -0.15) is 0 Å². The van der Waals surface area contributed by atoms with Crippen LogP contribution in [0, 0.1) is 0 Å². The van der Waals surface area contributed by atoms with E-state index in [-0.39, 0.29) is 19.1 Å². The van der Waals surface area contributed by atoms with Gasteiger partial charge in [-0.05, 0) is 64.2 Å². The highest BCUT2D eigenvalue weighted by atomic mass is 31.2. The third kappa shape index (κ3) is 62.1. The molecule has 3 atom stereocenters. The van der Waals surface area contributed by atoms with E-state index in [1.54, 1.807) is 6.08 Å². The molecular weight excluding hydrogens is 984 g/mol. The van der Waals surface area contributed by atoms with Crippen LogP contribution in [0.2, 0.25) is 0 Å². The zero-order valence-electron chi connectivity index (χ0n) is 52.6. The number of carbonyl (C=O) groups is 1. The number of nitrogens with one attached hydrogen (secondary N) is 1. The average Bonchev–Trinajstić information content (AvgIpc) is 3.40. The summed E-state index contributed by atoms with van der Waals surface area (Å²) in [4.78, 5) is 25.5. The van der Waals surface area contributed by atoms with Crippen molar-refractivity contribution in [3.63, 3.8) is 0 Å². The number of quaternary nitrogens is 1. The Morgan fingerprint density at radius 3 is 1.12 bits per heavy atom. The molecule has 460 valence electrons. The third-order valence-electron chi connectivity index (χ3n) is 15.5. The summed E-state index contributed by atoms with van der Waals surface area (Å²) in [7, 11) is 1.26. The normalized spacial score (nSPS) is 14.0. The van der Waals surface area contributed by atoms with Gasteiger partial charge < -0.3 is 28.8 Å². The fraction of sp³-hybridized carbons (Fsp3) is 0.870. The molecule has 0 aliphatic rings. The Labute approximate surface area is 486 Å². The van der Waals surface area contributed by atoms with E-state index in [1.165, 1.54) is 270 Å². The summed E-state index contributed by atoms with van der Waals surface area (Å²) in [6, 6.07) is -0.902. The summed E-state index contributed by atoms with van der Waals surface area (Å²) in [5.74, 6) is -0.201. The number of phosphoric acid groups is 1. The number of hydrogen-bond acceptors (Lipinski definition) is 6. The Kier molecular flexibility index (Phi) is 58.9. The number of aliphatic hydroxyl groups excluding tert-OH is 1. The quantitative estimate of drug-likeness (QED) is 0.0272. The van der Waals surface area contributed by atoms with Gasteiger partial charge >= 0.3 is 0 Å². The summed E-state index contributed by atoms with van der Waals surface area (Å²) in [6.07, 6.45) is 81.0. The number of unbranched alkanes of at least 4 members (excludes halogenated alkanes) is 44. The van der Waals surface area contributed by atoms with Gasteiger partial charge in [-0.3, -0.25) is 9.36 Å². The molecule has 0 aromatic carbocycles. The van der Waals surface area contributed by atoms with Gasteiger partial charge in [0.05, 0.1) is 39.9 Å². The van der Waals surface area contributed by atoms with Crippen LogP contribution in [0.15, 0.2) is 48.6 Å². The van der Waals surface area contributed by atoms with Gasteiger partial charge in [-0.1, -0.05) is 313 Å². The number of aliphatic hydroxyl groups is 1. The largest absolute Gasteiger partial charge is 0.756 e. The van der Waals surface area contributed by atoms with Gasteiger partial charge in [-0.25, -0.2) is 0 Å². The van der Waals surface area contributed by atoms with Crippen molar-refractivity contribution < 1.29 is 32.9 Å². The molecule has 0 aromatic rings. The maximum Gasteiger partial charge on any atom is 0.268 e. The number of hydrogen-bond donors (Lipinski definition) is 2. The zero-order chi connectivity index (χ0) is 57.0. The van der Waals surface area contributed by atoms with Crippen LogP contribution in [-0.4, -0.2) is 68.5 Å². The van der Waals surface area contributed by atoms with E-state index < -0.39 is 20.0 Å². The molecule has 0 aliphatic carbocycles. The van der Waals surface area contributed by atoms with Gasteiger partial charge in [0.1, 0.15) is 13.2 Å². The second-order valence-corrected chi connectivity index (χ2v) is 25.9. The zero-order valence-corrected chi connectivity index (χ0v) is 53.5. The van der Waals surface area contributed by atoms with Crippen LogP contribution in [0.3, 0.4) is 0 Å². The molecule has 0 saturated carbocycles. The van der Waals surface area contributed by atoms with Crippen LogP contribution in [-0.2, 0) is 18.4 Å². The lowest BCUT2D eigenvalue weighted by atomic mass is 10.0. The first-order valence-electron chi connectivity index (χ1n) is 34.0. The second kappa shape index (κ2) is 60.1. The van der Waals surface area contributed by atoms with Crippen molar-refractivity contribution in [3.05, 3.63) is 48.6 Å². The van der Waals surface area contributed by atoms with Crippen molar-refractivity contribution in [1.29, 1.82) is 0 Å². The van der Waals surface area contributed by atoms with Gasteiger partial charge in [0, 0.05) is 6.42 Å². The van der Waals surface area contributed by atoms with Crippen LogP contribution < -0.4 is 10.2 Å². The highest BCUT2D eigenvalue weighted by Crippen LogP contribution is 2.38. The van der Waals surface area contributed by atoms with E-state index in [4.69, 9.17) is 9.05 Å². The summed E-state index contributed by atoms with van der Waals surface area (Å²) in [5, 5.41) is 13.9. The minimum absolute atomic E-state index is 0.00490. The summed E-state index contributed by atoms with van der Waals surface area (Å²) in [5.41, 5.74) is 0. The Balaban J connectivity index is 3.93. The molecule has 0 saturated heterocycles. The molecule has 0 bridgehead atoms. The van der Waals surface area contributed by atoms with E-state index in [9.17, 15) is 19.4 Å². The predicted molar refractivity (Wildman–Crippen MR) is 339 cm³/mol. The van der Waals surface area contributed by atoms with Gasteiger partial charge in [0.25, 0.3) is 7.82 Å². The minimum atomic E-state index is -4.61. The molecule has 9 heteroatoms. The van der Waals surface area contributed by atoms with Crippen molar-refractivity contribution in [1.82, 2.24) is 5.32 Å². The molecule has 0 heterocycles. The number of nitrogens with zero attached hydrogens (tertiary/aromatic N) is 1. The number of amides is 1. The maximum absolute atomic E-state index is 13.0. The van der Waals surface area contributed by atoms with Gasteiger partial charge in [-0.15, -0.1) is 0 Å². The number of allylic oxidation sites excluding steroid dienone is 7. The topological polar surface area (TPSA) is 108 Å². The molecular formula is C69H133N2O6P. The Bertz CT molecular complexity index is 1410. The van der Waals surface area contributed by atoms with Gasteiger partial charge in [0.15, 0.2) is 0 Å². The van der Waals surface area contributed by atoms with Crippen LogP contribution >= 0.6 is 7.82 Å². The number of rotatable bonds is 63. The molecule has 0 aromatic heterocycles. The summed E-state index contributed by atoms with van der Waals surface area (Å²) < 4.78 is 23.4. The predicted octanol–water partition coefficient (Wildman–Crippen LogP) is 20.8. The molecule has 0 aliphatic heterocycles. The first-order valence-corrected chi connectivity index (χ1v) is 35.5. The smallest absolute Gasteiger partial charge is 0.268 e. The molecule has 0 rings (SSSR count). The molecule has 1 amide bonds. The van der Waals surface area contributed by atoms with E-state index in [0.717, 1.165) is 44.9 Å². The highest BCUT2D eigenvalue weighted by molar-refractivity contribution is 7.45. The minimum Gasteiger partial charge on any atom is -0.756 e. The van der Waals surface area contributed by atoms with Crippen LogP contribution in [0.5, 0.6) is 0 Å². The van der Waals surface area contributed by atoms with Crippen LogP contribution in [0.1, 0.15) is 335 Å². The van der Waals surface area contributed by atoms with Crippen molar-refractivity contribution in [2.45, 2.75) is 347 Å². The maximum atomic E-state index is 13.0. The monoisotopic (exact) mass is 1120 g/mol. The molecule has 2 N–H and O–H groups in total. The molecule has 0 radical (unpaired) electrons. The highest BCUT2D eigenvalue weighted by Gasteiger charge is 2.23. The second-order valence-electron chi connectivity index (χ2n) is 24.5. The van der Waals surface area contributed by atoms with E-state index in [0.29, 0.717) is 17.4 Å². The average molecular weight is 1120 g/mol. The Morgan fingerprint density at radius 1 is 0.449 bits per heavy atom. The van der Waals surface area contributed by atoms with Crippen molar-refractivity contribution in [2.24, 2.45) is 0 Å². The lowest BCUT2D eigenvalue weighted by molar-refractivity contribution is -0.870. The van der Waals surface area contributed by atoms with E-state index >= 15 is 0 Å². The first kappa shape index (κ1) is 76.5. The van der Waals surface area contributed by atoms with Crippen molar-refractivity contribution in [2.75, 3.05) is 40.9 Å². The first-order chi connectivity index (χ1) is 38.0. The lowest BCUT2D eigenvalue weighted by Crippen LogP contribution is -2.45. The van der Waals surface area contributed by atoms with Crippen LogP contribution in [0.25, 0.3) is 0 Å². The molecule has 8 nitrogen and oxygen atoms in total. The standard InChI is InChI=1S/C69H133N2O6P/c1-6-8-10-12-14-16-18-20-22-24-25-26-27-28-29-30-31-32-33-34-35-36-37-38-39-40-41-42-43-44-45-47-49-51-53-55-57-59-61-63-69(73)70-67(66-77-78(74,75)76-65-64-71(3,4)5)68(72)62-60-58-56-54-52-50-48-46-23-21-19-17-15-13-11-9-7-2/h18,20,24-25,52,54,60,62,67-68,72H,6-17,19,21-23,26-51,53,55-59,61,63-66H2,1-5H3,(H-,70,73,74,75)/b20-18-,25-24-,54-52+,62-60+. The van der Waals surface area contributed by atoms with Crippen molar-refractivity contribution >= 4 is 13.7 Å². The van der Waals surface area contributed by atoms with Crippen molar-refractivity contribution in [3.8, 4) is 0 Å². The Hall–Kier alpha value is -1.54. The van der Waals surface area contributed by atoms with E-state index in [1.807, 2.05) is 27.2 Å². The van der Waals surface area contributed by atoms with Gasteiger partial charge in [0.2, 0.25) is 5.91 Å². The fourth-order valence-corrected chi connectivity index (χ4v) is 10.9. The summed E-state index contributed by atoms with van der Waals surface area (Å²) in [6.45, 7) is 4.65. The number of likely N-dealkylation sites (N-methyl/N-ethyl adjacent to an activating group) is 1. The third-order valence-corrected chi connectivity index (χ3v) is 16.5. The SMILES string of the molecule is CCCCCCC/C=C\C/C=C\CCCCCCCCCCCCCCCCCCCCCCCCCCCCCC(=O)NC(COP(=O)([O-])OCC[N+](C)(C)C)C(O)/C=C/CC/C=C/CCCCCCCCCCCCC. The number of carbonyl (C=O) groups excluding carboxylic acids is 1.